The summed E-state index contributed by atoms with van der Waals surface area (Å²) in [5, 5.41) is 0. The van der Waals surface area contributed by atoms with E-state index in [1.165, 1.54) is 6.07 Å². The molecule has 3 rings (SSSR count). The summed E-state index contributed by atoms with van der Waals surface area (Å²) >= 11 is 0. The van der Waals surface area contributed by atoms with Gasteiger partial charge in [0.2, 0.25) is 5.91 Å². The zero-order valence-electron chi connectivity index (χ0n) is 13.7. The Morgan fingerprint density at radius 1 is 1.25 bits per heavy atom. The predicted molar refractivity (Wildman–Crippen MR) is 84.5 cm³/mol. The van der Waals surface area contributed by atoms with Crippen LogP contribution < -0.4 is 4.90 Å². The Balaban J connectivity index is 1.50. The van der Waals surface area contributed by atoms with E-state index in [0.29, 0.717) is 11.7 Å². The third kappa shape index (κ3) is 3.99. The van der Waals surface area contributed by atoms with Gasteiger partial charge in [-0.2, -0.15) is 13.2 Å². The van der Waals surface area contributed by atoms with Gasteiger partial charge in [0.25, 0.3) is 0 Å². The maximum atomic E-state index is 12.6. The Bertz CT molecular complexity index is 576. The molecule has 0 N–H and O–H groups in total. The summed E-state index contributed by atoms with van der Waals surface area (Å²) in [5.41, 5.74) is -0.721. The molecule has 2 heterocycles. The summed E-state index contributed by atoms with van der Waals surface area (Å²) in [4.78, 5) is 19.8. The van der Waals surface area contributed by atoms with Gasteiger partial charge in [-0.3, -0.25) is 4.79 Å². The summed E-state index contributed by atoms with van der Waals surface area (Å²) in [6, 6.07) is 2.52. The minimum Gasteiger partial charge on any atom is -0.357 e. The van der Waals surface area contributed by atoms with E-state index in [-0.39, 0.29) is 11.8 Å². The zero-order valence-corrected chi connectivity index (χ0v) is 13.7. The van der Waals surface area contributed by atoms with E-state index in [2.05, 4.69) is 4.98 Å². The van der Waals surface area contributed by atoms with E-state index in [1.807, 2.05) is 16.8 Å². The monoisotopic (exact) mass is 341 g/mol. The lowest BCUT2D eigenvalue weighted by Gasteiger charge is -2.34. The van der Waals surface area contributed by atoms with Gasteiger partial charge < -0.3 is 9.80 Å². The minimum absolute atomic E-state index is 0.242. The first kappa shape index (κ1) is 17.0. The van der Waals surface area contributed by atoms with Crippen molar-refractivity contribution in [1.29, 1.82) is 0 Å². The van der Waals surface area contributed by atoms with Crippen LogP contribution in [0.4, 0.5) is 19.0 Å². The third-order valence-corrected chi connectivity index (χ3v) is 4.85. The number of halogens is 3. The fourth-order valence-corrected chi connectivity index (χ4v) is 3.20. The molecule has 4 nitrogen and oxygen atoms in total. The number of alkyl halides is 3. The van der Waals surface area contributed by atoms with Crippen molar-refractivity contribution in [2.45, 2.75) is 31.9 Å². The van der Waals surface area contributed by atoms with Gasteiger partial charge in [-0.25, -0.2) is 4.98 Å². The SMILES string of the molecule is CN(CC1CCN(c2ccc(C(F)(F)F)cn2)CC1)C(=O)C1CC1. The van der Waals surface area contributed by atoms with E-state index < -0.39 is 11.7 Å². The molecule has 132 valence electrons. The lowest BCUT2D eigenvalue weighted by atomic mass is 9.96. The Morgan fingerprint density at radius 3 is 2.42 bits per heavy atom. The van der Waals surface area contributed by atoms with Crippen molar-refractivity contribution in [3.63, 3.8) is 0 Å². The Kier molecular flexibility index (Phi) is 4.69. The molecular weight excluding hydrogens is 319 g/mol. The van der Waals surface area contributed by atoms with Crippen molar-refractivity contribution in [2.24, 2.45) is 11.8 Å². The first-order valence-electron chi connectivity index (χ1n) is 8.38. The predicted octanol–water partition coefficient (Wildman–Crippen LogP) is 3.19. The molecule has 0 aromatic carbocycles. The van der Waals surface area contributed by atoms with Crippen molar-refractivity contribution < 1.29 is 18.0 Å². The molecule has 7 heteroatoms. The molecule has 0 radical (unpaired) electrons. The molecule has 2 fully saturated rings. The number of nitrogens with zero attached hydrogens (tertiary/aromatic N) is 3. The maximum Gasteiger partial charge on any atom is 0.417 e. The number of carbonyl (C=O) groups is 1. The summed E-state index contributed by atoms with van der Waals surface area (Å²) in [6.45, 7) is 2.28. The van der Waals surface area contributed by atoms with Crippen LogP contribution in [0, 0.1) is 11.8 Å². The van der Waals surface area contributed by atoms with Gasteiger partial charge in [0, 0.05) is 38.8 Å². The minimum atomic E-state index is -4.35. The van der Waals surface area contributed by atoms with Crippen LogP contribution in [-0.2, 0) is 11.0 Å². The van der Waals surface area contributed by atoms with Gasteiger partial charge in [-0.05, 0) is 43.7 Å². The average molecular weight is 341 g/mol. The van der Waals surface area contributed by atoms with Crippen LogP contribution in [0.5, 0.6) is 0 Å². The first-order valence-corrected chi connectivity index (χ1v) is 8.38. The molecule has 24 heavy (non-hydrogen) atoms. The fraction of sp³-hybridized carbons (Fsp3) is 0.647. The third-order valence-electron chi connectivity index (χ3n) is 4.85. The highest BCUT2D eigenvalue weighted by molar-refractivity contribution is 5.80. The molecule has 2 aliphatic rings. The number of piperidine rings is 1. The van der Waals surface area contributed by atoms with Crippen LogP contribution in [0.2, 0.25) is 0 Å². The Morgan fingerprint density at radius 2 is 1.92 bits per heavy atom. The molecule has 0 bridgehead atoms. The zero-order chi connectivity index (χ0) is 17.3. The molecule has 0 unspecified atom stereocenters. The van der Waals surface area contributed by atoms with E-state index in [1.54, 1.807) is 0 Å². The van der Waals surface area contributed by atoms with E-state index in [0.717, 1.165) is 57.6 Å². The number of hydrogen-bond donors (Lipinski definition) is 0. The van der Waals surface area contributed by atoms with Crippen LogP contribution in [0.1, 0.15) is 31.2 Å². The smallest absolute Gasteiger partial charge is 0.357 e. The first-order chi connectivity index (χ1) is 11.3. The number of pyridine rings is 1. The molecule has 1 amide bonds. The number of anilines is 1. The van der Waals surface area contributed by atoms with Gasteiger partial charge in [-0.15, -0.1) is 0 Å². The van der Waals surface area contributed by atoms with Gasteiger partial charge >= 0.3 is 6.18 Å². The normalized spacial score (nSPS) is 19.4. The van der Waals surface area contributed by atoms with E-state index in [4.69, 9.17) is 0 Å². The van der Waals surface area contributed by atoms with Crippen LogP contribution in [0.3, 0.4) is 0 Å². The van der Waals surface area contributed by atoms with Crippen molar-refractivity contribution >= 4 is 11.7 Å². The number of hydrogen-bond acceptors (Lipinski definition) is 3. The van der Waals surface area contributed by atoms with Crippen LogP contribution in [0.15, 0.2) is 18.3 Å². The van der Waals surface area contributed by atoms with Crippen molar-refractivity contribution in [3.8, 4) is 0 Å². The van der Waals surface area contributed by atoms with E-state index in [9.17, 15) is 18.0 Å². The highest BCUT2D eigenvalue weighted by Gasteiger charge is 2.33. The number of carbonyl (C=O) groups excluding carboxylic acids is 1. The van der Waals surface area contributed by atoms with Gasteiger partial charge in [0.05, 0.1) is 5.56 Å². The molecule has 1 saturated heterocycles. The van der Waals surface area contributed by atoms with Gasteiger partial charge in [0.1, 0.15) is 5.82 Å². The number of rotatable bonds is 4. The fourth-order valence-electron chi connectivity index (χ4n) is 3.20. The highest BCUT2D eigenvalue weighted by Crippen LogP contribution is 2.32. The lowest BCUT2D eigenvalue weighted by Crippen LogP contribution is -2.40. The molecule has 1 aromatic rings. The molecule has 0 atom stereocenters. The summed E-state index contributed by atoms with van der Waals surface area (Å²) in [7, 11) is 1.87. The van der Waals surface area contributed by atoms with Crippen molar-refractivity contribution in [2.75, 3.05) is 31.6 Å². The van der Waals surface area contributed by atoms with Crippen molar-refractivity contribution in [3.05, 3.63) is 23.9 Å². The van der Waals surface area contributed by atoms with Crippen LogP contribution >= 0.6 is 0 Å². The number of aromatic nitrogens is 1. The largest absolute Gasteiger partial charge is 0.417 e. The van der Waals surface area contributed by atoms with Crippen LogP contribution in [0.25, 0.3) is 0 Å². The topological polar surface area (TPSA) is 36.4 Å². The highest BCUT2D eigenvalue weighted by atomic mass is 19.4. The summed E-state index contributed by atoms with van der Waals surface area (Å²) < 4.78 is 37.7. The van der Waals surface area contributed by atoms with Crippen molar-refractivity contribution in [1.82, 2.24) is 9.88 Å². The molecule has 0 spiro atoms. The second-order valence-electron chi connectivity index (χ2n) is 6.83. The van der Waals surface area contributed by atoms with Crippen LogP contribution in [-0.4, -0.2) is 42.5 Å². The van der Waals surface area contributed by atoms with Gasteiger partial charge in [0.15, 0.2) is 0 Å². The maximum absolute atomic E-state index is 12.6. The quantitative estimate of drug-likeness (QED) is 0.844. The standard InChI is InChI=1S/C17H22F3N3O/c1-22(16(24)13-2-3-13)11-12-6-8-23(9-7-12)15-5-4-14(10-21-15)17(18,19)20/h4-5,10,12-13H,2-3,6-9,11H2,1H3. The molecule has 1 saturated carbocycles. The second kappa shape index (κ2) is 6.61. The number of amides is 1. The average Bonchev–Trinajstić information content (AvgIpc) is 3.39. The van der Waals surface area contributed by atoms with E-state index >= 15 is 0 Å². The summed E-state index contributed by atoms with van der Waals surface area (Å²) in [5.74, 6) is 1.53. The molecule has 1 aliphatic carbocycles. The molecule has 1 aliphatic heterocycles. The van der Waals surface area contributed by atoms with Gasteiger partial charge in [-0.1, -0.05) is 0 Å². The Hall–Kier alpha value is -1.79. The lowest BCUT2D eigenvalue weighted by molar-refractivity contribution is -0.137. The second-order valence-corrected chi connectivity index (χ2v) is 6.83. The summed E-state index contributed by atoms with van der Waals surface area (Å²) in [6.07, 6.45) is 0.416. The molecular formula is C17H22F3N3O. The molecule has 1 aromatic heterocycles. The Labute approximate surface area is 139 Å².